The van der Waals surface area contributed by atoms with Crippen molar-refractivity contribution in [2.45, 2.75) is 12.5 Å². The average Bonchev–Trinajstić information content (AvgIpc) is 2.19. The molecule has 0 spiro atoms. The van der Waals surface area contributed by atoms with Crippen LogP contribution in [0.2, 0.25) is 0 Å². The van der Waals surface area contributed by atoms with Crippen molar-refractivity contribution < 1.29 is 4.74 Å². The number of nitrogens with one attached hydrogen (secondary N) is 1. The summed E-state index contributed by atoms with van der Waals surface area (Å²) in [5.41, 5.74) is 12.9. The van der Waals surface area contributed by atoms with Crippen molar-refractivity contribution in [2.24, 2.45) is 5.73 Å². The summed E-state index contributed by atoms with van der Waals surface area (Å²) in [4.78, 5) is 0. The lowest BCUT2D eigenvalue weighted by Crippen LogP contribution is -2.33. The molecule has 1 aliphatic heterocycles. The molecular weight excluding hydrogens is 178 g/mol. The van der Waals surface area contributed by atoms with Crippen molar-refractivity contribution in [2.75, 3.05) is 24.2 Å². The van der Waals surface area contributed by atoms with Crippen LogP contribution in [0.5, 0.6) is 5.75 Å². The van der Waals surface area contributed by atoms with Gasteiger partial charge in [0.05, 0.1) is 11.7 Å². The van der Waals surface area contributed by atoms with E-state index in [0.29, 0.717) is 19.2 Å². The Labute approximate surface area is 83.2 Å². The minimum atomic E-state index is 0.316. The Morgan fingerprint density at radius 3 is 3.14 bits per heavy atom. The summed E-state index contributed by atoms with van der Waals surface area (Å²) in [5.74, 6) is 0.832. The maximum absolute atomic E-state index is 5.65. The first-order valence-corrected chi connectivity index (χ1v) is 4.78. The second-order valence-electron chi connectivity index (χ2n) is 3.49. The Balaban J connectivity index is 2.15. The van der Waals surface area contributed by atoms with E-state index in [1.54, 1.807) is 0 Å². The number of fused-ring (bicyclic) bond motifs is 1. The summed E-state index contributed by atoms with van der Waals surface area (Å²) < 4.78 is 5.57. The first kappa shape index (κ1) is 9.15. The van der Waals surface area contributed by atoms with Gasteiger partial charge in [-0.05, 0) is 25.1 Å². The zero-order chi connectivity index (χ0) is 9.97. The molecular formula is C10H15N3O. The Bertz CT molecular complexity index is 327. The van der Waals surface area contributed by atoms with Crippen molar-refractivity contribution in [1.29, 1.82) is 0 Å². The van der Waals surface area contributed by atoms with Gasteiger partial charge in [-0.1, -0.05) is 0 Å². The van der Waals surface area contributed by atoms with E-state index >= 15 is 0 Å². The fourth-order valence-electron chi connectivity index (χ4n) is 1.59. The third-order valence-corrected chi connectivity index (χ3v) is 2.32. The molecule has 14 heavy (non-hydrogen) atoms. The van der Waals surface area contributed by atoms with E-state index in [9.17, 15) is 0 Å². The lowest BCUT2D eigenvalue weighted by molar-refractivity contribution is 0.280. The third kappa shape index (κ3) is 1.75. The summed E-state index contributed by atoms with van der Waals surface area (Å²) in [7, 11) is 0. The molecule has 2 rings (SSSR count). The minimum absolute atomic E-state index is 0.316. The number of hydrogen-bond donors (Lipinski definition) is 3. The summed E-state index contributed by atoms with van der Waals surface area (Å²) in [6.45, 7) is 1.33. The van der Waals surface area contributed by atoms with Gasteiger partial charge >= 0.3 is 0 Å². The molecule has 0 amide bonds. The van der Waals surface area contributed by atoms with Gasteiger partial charge in [0.15, 0.2) is 0 Å². The zero-order valence-corrected chi connectivity index (χ0v) is 7.99. The summed E-state index contributed by atoms with van der Waals surface area (Å²) in [5, 5.41) is 3.36. The fourth-order valence-corrected chi connectivity index (χ4v) is 1.59. The van der Waals surface area contributed by atoms with Gasteiger partial charge in [-0.25, -0.2) is 0 Å². The van der Waals surface area contributed by atoms with Crippen LogP contribution in [-0.4, -0.2) is 19.2 Å². The van der Waals surface area contributed by atoms with Crippen LogP contribution < -0.4 is 21.5 Å². The van der Waals surface area contributed by atoms with Gasteiger partial charge in [-0.15, -0.1) is 0 Å². The SMILES string of the molecule is NCCC1COc2cc(N)ccc2N1. The molecule has 1 aromatic rings. The largest absolute Gasteiger partial charge is 0.489 e. The van der Waals surface area contributed by atoms with Crippen LogP contribution in [0.25, 0.3) is 0 Å². The Morgan fingerprint density at radius 2 is 2.36 bits per heavy atom. The molecule has 0 saturated heterocycles. The molecule has 5 N–H and O–H groups in total. The number of benzene rings is 1. The van der Waals surface area contributed by atoms with Gasteiger partial charge in [0.1, 0.15) is 12.4 Å². The highest BCUT2D eigenvalue weighted by Crippen LogP contribution is 2.31. The van der Waals surface area contributed by atoms with E-state index in [0.717, 1.165) is 23.5 Å². The van der Waals surface area contributed by atoms with Gasteiger partial charge in [0.25, 0.3) is 0 Å². The first-order valence-electron chi connectivity index (χ1n) is 4.78. The Kier molecular flexibility index (Phi) is 2.45. The van der Waals surface area contributed by atoms with Crippen LogP contribution in [0, 0.1) is 0 Å². The highest BCUT2D eigenvalue weighted by Gasteiger charge is 2.17. The van der Waals surface area contributed by atoms with Crippen LogP contribution >= 0.6 is 0 Å². The summed E-state index contributed by atoms with van der Waals surface area (Å²) in [6.07, 6.45) is 0.920. The molecule has 1 atom stereocenters. The van der Waals surface area contributed by atoms with Gasteiger partial charge in [-0.3, -0.25) is 0 Å². The number of rotatable bonds is 2. The van der Waals surface area contributed by atoms with Crippen molar-refractivity contribution in [3.8, 4) is 5.75 Å². The number of hydrogen-bond acceptors (Lipinski definition) is 4. The molecule has 1 aromatic carbocycles. The third-order valence-electron chi connectivity index (χ3n) is 2.32. The molecule has 0 aromatic heterocycles. The van der Waals surface area contributed by atoms with Gasteiger partial charge in [-0.2, -0.15) is 0 Å². The van der Waals surface area contributed by atoms with Gasteiger partial charge < -0.3 is 21.5 Å². The standard InChI is InChI=1S/C10H15N3O/c11-4-3-8-6-14-10-5-7(12)1-2-9(10)13-8/h1-2,5,8,13H,3-4,6,11-12H2. The average molecular weight is 193 g/mol. The van der Waals surface area contributed by atoms with Crippen molar-refractivity contribution >= 4 is 11.4 Å². The van der Waals surface area contributed by atoms with Gasteiger partial charge in [0, 0.05) is 11.8 Å². The molecule has 0 fully saturated rings. The Morgan fingerprint density at radius 1 is 1.50 bits per heavy atom. The fraction of sp³-hybridized carbons (Fsp3) is 0.400. The predicted molar refractivity (Wildman–Crippen MR) is 57.4 cm³/mol. The molecule has 0 aliphatic carbocycles. The van der Waals surface area contributed by atoms with Crippen molar-refractivity contribution in [1.82, 2.24) is 0 Å². The predicted octanol–water partition coefficient (Wildman–Crippen LogP) is 0.790. The summed E-state index contributed by atoms with van der Waals surface area (Å²) in [6, 6.07) is 5.95. The zero-order valence-electron chi connectivity index (χ0n) is 7.99. The monoisotopic (exact) mass is 193 g/mol. The van der Waals surface area contributed by atoms with Crippen LogP contribution in [0.4, 0.5) is 11.4 Å². The van der Waals surface area contributed by atoms with Crippen LogP contribution in [0.1, 0.15) is 6.42 Å². The van der Waals surface area contributed by atoms with E-state index < -0.39 is 0 Å². The van der Waals surface area contributed by atoms with Crippen LogP contribution in [0.15, 0.2) is 18.2 Å². The molecule has 0 saturated carbocycles. The Hall–Kier alpha value is -1.42. The van der Waals surface area contributed by atoms with E-state index in [4.69, 9.17) is 16.2 Å². The van der Waals surface area contributed by atoms with Crippen molar-refractivity contribution in [3.63, 3.8) is 0 Å². The molecule has 1 unspecified atom stereocenters. The maximum atomic E-state index is 5.65. The summed E-state index contributed by atoms with van der Waals surface area (Å²) >= 11 is 0. The van der Waals surface area contributed by atoms with E-state index in [-0.39, 0.29) is 0 Å². The second kappa shape index (κ2) is 3.75. The van der Waals surface area contributed by atoms with E-state index in [1.807, 2.05) is 18.2 Å². The number of ether oxygens (including phenoxy) is 1. The quantitative estimate of drug-likeness (QED) is 0.607. The lowest BCUT2D eigenvalue weighted by atomic mass is 10.1. The molecule has 4 nitrogen and oxygen atoms in total. The molecule has 1 aliphatic rings. The molecule has 0 radical (unpaired) electrons. The maximum Gasteiger partial charge on any atom is 0.144 e. The highest BCUT2D eigenvalue weighted by atomic mass is 16.5. The van der Waals surface area contributed by atoms with Crippen molar-refractivity contribution in [3.05, 3.63) is 18.2 Å². The van der Waals surface area contributed by atoms with E-state index in [2.05, 4.69) is 5.32 Å². The first-order chi connectivity index (χ1) is 6.79. The topological polar surface area (TPSA) is 73.3 Å². The minimum Gasteiger partial charge on any atom is -0.489 e. The normalized spacial score (nSPS) is 19.4. The van der Waals surface area contributed by atoms with Crippen LogP contribution in [-0.2, 0) is 0 Å². The smallest absolute Gasteiger partial charge is 0.144 e. The van der Waals surface area contributed by atoms with E-state index in [1.165, 1.54) is 0 Å². The second-order valence-corrected chi connectivity index (χ2v) is 3.49. The van der Waals surface area contributed by atoms with Gasteiger partial charge in [0.2, 0.25) is 0 Å². The molecule has 4 heteroatoms. The lowest BCUT2D eigenvalue weighted by Gasteiger charge is -2.27. The molecule has 76 valence electrons. The van der Waals surface area contributed by atoms with Crippen LogP contribution in [0.3, 0.4) is 0 Å². The molecule has 1 heterocycles. The molecule has 0 bridgehead atoms. The number of nitrogen functional groups attached to an aromatic ring is 1. The number of nitrogens with two attached hydrogens (primary N) is 2. The number of anilines is 2. The highest BCUT2D eigenvalue weighted by molar-refractivity contribution is 5.63.